The van der Waals surface area contributed by atoms with E-state index in [4.69, 9.17) is 9.29 Å². The molecule has 198 valence electrons. The number of halogens is 5. The molecule has 7 nitrogen and oxygen atoms in total. The molecule has 2 saturated carbocycles. The number of ether oxygens (including phenoxy) is 2. The Bertz CT molecular complexity index is 893. The summed E-state index contributed by atoms with van der Waals surface area (Å²) in [7, 11) is -6.52. The molecule has 13 heteroatoms. The monoisotopic (exact) mass is 522 g/mol. The fourth-order valence-corrected chi connectivity index (χ4v) is 5.65. The topological polar surface area (TPSA) is 107 Å². The number of rotatable bonds is 6. The maximum Gasteiger partial charge on any atom is 0.432 e. The first-order valence-electron chi connectivity index (χ1n) is 10.9. The molecule has 2 fully saturated rings. The van der Waals surface area contributed by atoms with Crippen LogP contribution in [0.3, 0.4) is 0 Å². The summed E-state index contributed by atoms with van der Waals surface area (Å²) in [6.07, 6.45) is -9.07. The van der Waals surface area contributed by atoms with Crippen molar-refractivity contribution >= 4 is 22.1 Å². The van der Waals surface area contributed by atoms with Gasteiger partial charge in [0.05, 0.1) is 10.8 Å². The highest BCUT2D eigenvalue weighted by Crippen LogP contribution is 2.55. The van der Waals surface area contributed by atoms with Gasteiger partial charge in [-0.15, -0.1) is 0 Å². The van der Waals surface area contributed by atoms with Gasteiger partial charge in [0, 0.05) is 0 Å². The minimum atomic E-state index is -6.52. The van der Waals surface area contributed by atoms with E-state index in [9.17, 15) is 40.0 Å². The van der Waals surface area contributed by atoms with E-state index in [1.54, 1.807) is 27.7 Å². The van der Waals surface area contributed by atoms with Crippen LogP contribution in [0.1, 0.15) is 73.1 Å². The van der Waals surface area contributed by atoms with Crippen LogP contribution in [0.15, 0.2) is 0 Å². The molecule has 0 radical (unpaired) electrons. The molecule has 2 aliphatic carbocycles. The van der Waals surface area contributed by atoms with Gasteiger partial charge < -0.3 is 9.47 Å². The van der Waals surface area contributed by atoms with Gasteiger partial charge in [-0.1, -0.05) is 6.92 Å². The predicted octanol–water partition coefficient (Wildman–Crippen LogP) is 4.90. The highest BCUT2D eigenvalue weighted by molar-refractivity contribution is 7.86. The number of fused-ring (bicyclic) bond motifs is 2. The van der Waals surface area contributed by atoms with Crippen molar-refractivity contribution in [3.05, 3.63) is 0 Å². The van der Waals surface area contributed by atoms with Crippen LogP contribution < -0.4 is 0 Å². The van der Waals surface area contributed by atoms with E-state index in [1.165, 1.54) is 6.92 Å². The predicted molar refractivity (Wildman–Crippen MR) is 109 cm³/mol. The molecule has 0 saturated heterocycles. The van der Waals surface area contributed by atoms with Gasteiger partial charge in [0.1, 0.15) is 5.60 Å². The summed E-state index contributed by atoms with van der Waals surface area (Å²) < 4.78 is 108. The maximum absolute atomic E-state index is 13.9. The lowest BCUT2D eigenvalue weighted by Crippen LogP contribution is -2.55. The average molecular weight is 523 g/mol. The third-order valence-corrected chi connectivity index (χ3v) is 7.60. The molecule has 1 N–H and O–H groups in total. The number of hydrogen-bond donors (Lipinski definition) is 1. The summed E-state index contributed by atoms with van der Waals surface area (Å²) in [4.78, 5) is 25.3. The molecular formula is C21H31F5O7S. The zero-order valence-corrected chi connectivity index (χ0v) is 20.5. The summed E-state index contributed by atoms with van der Waals surface area (Å²) in [5.74, 6) is -2.53. The summed E-state index contributed by atoms with van der Waals surface area (Å²) in [6.45, 7) is 8.34. The summed E-state index contributed by atoms with van der Waals surface area (Å²) in [5.41, 5.74) is -3.16. The third kappa shape index (κ3) is 5.83. The van der Waals surface area contributed by atoms with E-state index < -0.39 is 56.0 Å². The van der Waals surface area contributed by atoms with E-state index in [0.717, 1.165) is 0 Å². The SMILES string of the molecule is CCC1(C(=O)OC(C(F)(F)F)C(F)(F)S(=O)(=O)O)CC2CC(CC(C)(OC(=O)C(C)(C)C)C2)C1. The molecule has 0 spiro atoms. The maximum atomic E-state index is 13.9. The Hall–Kier alpha value is -1.50. The Kier molecular flexibility index (Phi) is 7.49. The molecule has 3 atom stereocenters. The minimum Gasteiger partial charge on any atom is -0.459 e. The van der Waals surface area contributed by atoms with Crippen LogP contribution in [0.2, 0.25) is 0 Å². The lowest BCUT2D eigenvalue weighted by atomic mass is 9.57. The molecule has 3 unspecified atom stereocenters. The first kappa shape index (κ1) is 28.7. The standard InChI is InChI=1S/C21H31F5O7S/c1-6-19(16(28)32-14(20(22,23)24)21(25,26)34(29,30)31)10-12-7-13(11-19)9-18(5,8-12)33-15(27)17(2,3)4/h12-14H,6-11H2,1-5H3,(H,29,30,31). The van der Waals surface area contributed by atoms with Crippen LogP contribution in [0, 0.1) is 22.7 Å². The fraction of sp³-hybridized carbons (Fsp3) is 0.905. The van der Waals surface area contributed by atoms with E-state index in [-0.39, 0.29) is 31.1 Å². The number of alkyl halides is 5. The molecule has 34 heavy (non-hydrogen) atoms. The Morgan fingerprint density at radius 3 is 1.85 bits per heavy atom. The number of hydrogen-bond acceptors (Lipinski definition) is 6. The van der Waals surface area contributed by atoms with Gasteiger partial charge >= 0.3 is 33.5 Å². The average Bonchev–Trinajstić information content (AvgIpc) is 2.61. The smallest absolute Gasteiger partial charge is 0.432 e. The van der Waals surface area contributed by atoms with Crippen LogP contribution in [-0.2, 0) is 29.2 Å². The zero-order chi connectivity index (χ0) is 26.5. The van der Waals surface area contributed by atoms with E-state index in [1.807, 2.05) is 0 Å². The first-order chi connectivity index (χ1) is 15.1. The van der Waals surface area contributed by atoms with Crippen LogP contribution >= 0.6 is 0 Å². The van der Waals surface area contributed by atoms with E-state index >= 15 is 0 Å². The lowest BCUT2D eigenvalue weighted by molar-refractivity contribution is -0.264. The van der Waals surface area contributed by atoms with Crippen molar-refractivity contribution in [2.24, 2.45) is 22.7 Å². The zero-order valence-electron chi connectivity index (χ0n) is 19.7. The molecule has 2 bridgehead atoms. The highest BCUT2D eigenvalue weighted by atomic mass is 32.2. The molecule has 0 aromatic heterocycles. The molecule has 2 aliphatic rings. The van der Waals surface area contributed by atoms with Gasteiger partial charge in [-0.05, 0) is 78.1 Å². The van der Waals surface area contributed by atoms with Crippen molar-refractivity contribution in [3.63, 3.8) is 0 Å². The van der Waals surface area contributed by atoms with Crippen molar-refractivity contribution in [2.75, 3.05) is 0 Å². The molecule has 0 aromatic carbocycles. The van der Waals surface area contributed by atoms with Crippen LogP contribution in [0.25, 0.3) is 0 Å². The number of esters is 2. The van der Waals surface area contributed by atoms with Crippen molar-refractivity contribution in [1.29, 1.82) is 0 Å². The second-order valence-corrected chi connectivity index (χ2v) is 12.4. The van der Waals surface area contributed by atoms with Gasteiger partial charge in [0.2, 0.25) is 0 Å². The van der Waals surface area contributed by atoms with Crippen molar-refractivity contribution in [1.82, 2.24) is 0 Å². The van der Waals surface area contributed by atoms with E-state index in [2.05, 4.69) is 4.74 Å². The lowest BCUT2D eigenvalue weighted by Gasteiger charge is -2.51. The second kappa shape index (κ2) is 8.86. The van der Waals surface area contributed by atoms with Gasteiger partial charge in [0.25, 0.3) is 6.10 Å². The highest BCUT2D eigenvalue weighted by Gasteiger charge is 2.67. The Morgan fingerprint density at radius 1 is 1.03 bits per heavy atom. The molecule has 0 heterocycles. The minimum absolute atomic E-state index is 0.00349. The van der Waals surface area contributed by atoms with Crippen LogP contribution in [0.5, 0.6) is 0 Å². The van der Waals surface area contributed by atoms with Crippen LogP contribution in [-0.4, -0.2) is 48.0 Å². The second-order valence-electron chi connectivity index (χ2n) is 10.9. The Balaban J connectivity index is 2.28. The Morgan fingerprint density at radius 2 is 1.50 bits per heavy atom. The molecule has 0 aromatic rings. The molecular weight excluding hydrogens is 491 g/mol. The summed E-state index contributed by atoms with van der Waals surface area (Å²) in [5, 5.41) is -5.78. The Labute approximate surface area is 195 Å². The van der Waals surface area contributed by atoms with Crippen molar-refractivity contribution in [3.8, 4) is 0 Å². The normalized spacial score (nSPS) is 31.5. The van der Waals surface area contributed by atoms with Gasteiger partial charge in [0.15, 0.2) is 0 Å². The largest absolute Gasteiger partial charge is 0.459 e. The number of carbonyl (C=O) groups is 2. The number of carbonyl (C=O) groups excluding carboxylic acids is 2. The van der Waals surface area contributed by atoms with Crippen LogP contribution in [0.4, 0.5) is 22.0 Å². The first-order valence-corrected chi connectivity index (χ1v) is 12.4. The molecule has 0 aliphatic heterocycles. The third-order valence-electron chi connectivity index (χ3n) is 6.70. The van der Waals surface area contributed by atoms with Crippen molar-refractivity contribution in [2.45, 2.75) is 96.3 Å². The van der Waals surface area contributed by atoms with Gasteiger partial charge in [-0.2, -0.15) is 30.4 Å². The van der Waals surface area contributed by atoms with Crippen molar-refractivity contribution < 1.29 is 54.0 Å². The summed E-state index contributed by atoms with van der Waals surface area (Å²) in [6, 6.07) is 0. The van der Waals surface area contributed by atoms with E-state index in [0.29, 0.717) is 19.3 Å². The fourth-order valence-electron chi connectivity index (χ4n) is 5.20. The quantitative estimate of drug-likeness (QED) is 0.301. The summed E-state index contributed by atoms with van der Waals surface area (Å²) >= 11 is 0. The molecule has 2 rings (SSSR count). The molecule has 0 amide bonds. The van der Waals surface area contributed by atoms with Gasteiger partial charge in [-0.3, -0.25) is 14.1 Å². The van der Waals surface area contributed by atoms with Gasteiger partial charge in [-0.25, -0.2) is 0 Å².